The van der Waals surface area contributed by atoms with Crippen molar-refractivity contribution in [2.24, 2.45) is 0 Å². The van der Waals surface area contributed by atoms with Crippen LogP contribution in [-0.2, 0) is 22.6 Å². The fraction of sp³-hybridized carbons (Fsp3) is 0.333. The summed E-state index contributed by atoms with van der Waals surface area (Å²) in [4.78, 5) is 11.4. The molecule has 0 aliphatic rings. The topological polar surface area (TPSA) is 70.3 Å². The molecule has 0 fully saturated rings. The average molecular weight is 254 g/mol. The SMILES string of the molecule is CCOC(=O)Cc1c(C#N)cc(Cl)cc1CO. The Morgan fingerprint density at radius 1 is 1.59 bits per heavy atom. The van der Waals surface area contributed by atoms with E-state index in [1.807, 2.05) is 6.07 Å². The van der Waals surface area contributed by atoms with Crippen molar-refractivity contribution in [1.29, 1.82) is 5.26 Å². The molecular formula is C12H12ClNO3. The number of aliphatic hydroxyl groups is 1. The molecule has 0 radical (unpaired) electrons. The summed E-state index contributed by atoms with van der Waals surface area (Å²) >= 11 is 5.80. The Labute approximate surface area is 104 Å². The van der Waals surface area contributed by atoms with E-state index in [4.69, 9.17) is 21.6 Å². The van der Waals surface area contributed by atoms with Crippen molar-refractivity contribution in [2.75, 3.05) is 6.61 Å². The predicted molar refractivity (Wildman–Crippen MR) is 62.4 cm³/mol. The summed E-state index contributed by atoms with van der Waals surface area (Å²) < 4.78 is 4.81. The Balaban J connectivity index is 3.12. The van der Waals surface area contributed by atoms with E-state index in [0.29, 0.717) is 16.1 Å². The van der Waals surface area contributed by atoms with Gasteiger partial charge in [-0.15, -0.1) is 0 Å². The van der Waals surface area contributed by atoms with Crippen molar-refractivity contribution < 1.29 is 14.6 Å². The van der Waals surface area contributed by atoms with E-state index in [2.05, 4.69) is 0 Å². The number of nitrogens with zero attached hydrogens (tertiary/aromatic N) is 1. The molecule has 5 heteroatoms. The third-order valence-electron chi connectivity index (χ3n) is 2.22. The second-order valence-electron chi connectivity index (χ2n) is 3.34. The predicted octanol–water partition coefficient (Wildman–Crippen LogP) is 1.81. The first-order chi connectivity index (χ1) is 8.12. The van der Waals surface area contributed by atoms with Crippen molar-refractivity contribution in [3.05, 3.63) is 33.8 Å². The molecule has 0 bridgehead atoms. The molecular weight excluding hydrogens is 242 g/mol. The van der Waals surface area contributed by atoms with Gasteiger partial charge in [0, 0.05) is 5.02 Å². The van der Waals surface area contributed by atoms with Gasteiger partial charge in [-0.05, 0) is 30.2 Å². The first-order valence-electron chi connectivity index (χ1n) is 5.10. The van der Waals surface area contributed by atoms with Gasteiger partial charge in [-0.2, -0.15) is 5.26 Å². The molecule has 0 atom stereocenters. The van der Waals surface area contributed by atoms with Crippen molar-refractivity contribution in [3.8, 4) is 6.07 Å². The zero-order valence-corrected chi connectivity index (χ0v) is 10.1. The molecule has 0 unspecified atom stereocenters. The number of hydrogen-bond acceptors (Lipinski definition) is 4. The number of ether oxygens (including phenoxy) is 1. The van der Waals surface area contributed by atoms with Crippen molar-refractivity contribution in [2.45, 2.75) is 20.0 Å². The lowest BCUT2D eigenvalue weighted by molar-refractivity contribution is -0.142. The minimum atomic E-state index is -0.430. The lowest BCUT2D eigenvalue weighted by atomic mass is 9.99. The van der Waals surface area contributed by atoms with Gasteiger partial charge < -0.3 is 9.84 Å². The van der Waals surface area contributed by atoms with Crippen LogP contribution in [0.2, 0.25) is 5.02 Å². The van der Waals surface area contributed by atoms with Gasteiger partial charge in [-0.1, -0.05) is 11.6 Å². The zero-order chi connectivity index (χ0) is 12.8. The van der Waals surface area contributed by atoms with Crippen LogP contribution in [-0.4, -0.2) is 17.7 Å². The number of nitriles is 1. The standard InChI is InChI=1S/C12H12ClNO3/c1-2-17-12(16)5-11-8(6-14)3-10(13)4-9(11)7-15/h3-4,15H,2,5,7H2,1H3. The fourth-order valence-corrected chi connectivity index (χ4v) is 1.74. The summed E-state index contributed by atoms with van der Waals surface area (Å²) in [5.41, 5.74) is 1.23. The fourth-order valence-electron chi connectivity index (χ4n) is 1.50. The summed E-state index contributed by atoms with van der Waals surface area (Å²) in [5, 5.41) is 18.5. The molecule has 4 nitrogen and oxygen atoms in total. The largest absolute Gasteiger partial charge is 0.466 e. The maximum atomic E-state index is 11.4. The molecule has 1 N–H and O–H groups in total. The van der Waals surface area contributed by atoms with E-state index in [0.717, 1.165) is 0 Å². The number of rotatable bonds is 4. The summed E-state index contributed by atoms with van der Waals surface area (Å²) in [5.74, 6) is -0.430. The maximum absolute atomic E-state index is 11.4. The number of carbonyl (C=O) groups excluding carboxylic acids is 1. The second-order valence-corrected chi connectivity index (χ2v) is 3.78. The van der Waals surface area contributed by atoms with Crippen molar-refractivity contribution in [3.63, 3.8) is 0 Å². The summed E-state index contributed by atoms with van der Waals surface area (Å²) in [6.45, 7) is 1.71. The first kappa shape index (κ1) is 13.5. The van der Waals surface area contributed by atoms with Gasteiger partial charge >= 0.3 is 5.97 Å². The summed E-state index contributed by atoms with van der Waals surface area (Å²) in [7, 11) is 0. The Morgan fingerprint density at radius 2 is 2.29 bits per heavy atom. The highest BCUT2D eigenvalue weighted by molar-refractivity contribution is 6.30. The van der Waals surface area contributed by atoms with Gasteiger partial charge in [-0.3, -0.25) is 4.79 Å². The van der Waals surface area contributed by atoms with Crippen LogP contribution < -0.4 is 0 Å². The van der Waals surface area contributed by atoms with Gasteiger partial charge in [-0.25, -0.2) is 0 Å². The number of aliphatic hydroxyl groups excluding tert-OH is 1. The average Bonchev–Trinajstić information content (AvgIpc) is 2.31. The molecule has 90 valence electrons. The van der Waals surface area contributed by atoms with Crippen LogP contribution in [0.4, 0.5) is 0 Å². The van der Waals surface area contributed by atoms with E-state index >= 15 is 0 Å². The Bertz CT molecular complexity index is 466. The number of esters is 1. The molecule has 1 aromatic rings. The smallest absolute Gasteiger partial charge is 0.310 e. The molecule has 17 heavy (non-hydrogen) atoms. The van der Waals surface area contributed by atoms with Crippen LogP contribution in [0.3, 0.4) is 0 Å². The van der Waals surface area contributed by atoms with Crippen molar-refractivity contribution in [1.82, 2.24) is 0 Å². The first-order valence-corrected chi connectivity index (χ1v) is 5.48. The van der Waals surface area contributed by atoms with E-state index in [-0.39, 0.29) is 25.2 Å². The number of carbonyl (C=O) groups is 1. The zero-order valence-electron chi connectivity index (χ0n) is 9.36. The molecule has 0 heterocycles. The van der Waals surface area contributed by atoms with E-state index < -0.39 is 5.97 Å². The highest BCUT2D eigenvalue weighted by Crippen LogP contribution is 2.22. The Hall–Kier alpha value is -1.57. The summed E-state index contributed by atoms with van der Waals surface area (Å²) in [6.07, 6.45) is -0.0379. The van der Waals surface area contributed by atoms with E-state index in [1.165, 1.54) is 12.1 Å². The van der Waals surface area contributed by atoms with Crippen LogP contribution in [0.5, 0.6) is 0 Å². The van der Waals surface area contributed by atoms with Crippen LogP contribution >= 0.6 is 11.6 Å². The lowest BCUT2D eigenvalue weighted by Gasteiger charge is -2.09. The number of hydrogen-bond donors (Lipinski definition) is 1. The molecule has 0 amide bonds. The third kappa shape index (κ3) is 3.45. The van der Waals surface area contributed by atoms with Gasteiger partial charge in [0.1, 0.15) is 0 Å². The highest BCUT2D eigenvalue weighted by Gasteiger charge is 2.14. The Kier molecular flexibility index (Phi) is 4.95. The van der Waals surface area contributed by atoms with E-state index in [9.17, 15) is 9.90 Å². The molecule has 0 saturated heterocycles. The monoisotopic (exact) mass is 253 g/mol. The van der Waals surface area contributed by atoms with Gasteiger partial charge in [0.25, 0.3) is 0 Å². The Morgan fingerprint density at radius 3 is 2.82 bits per heavy atom. The van der Waals surface area contributed by atoms with Crippen LogP contribution in [0.15, 0.2) is 12.1 Å². The lowest BCUT2D eigenvalue weighted by Crippen LogP contribution is -2.11. The molecule has 0 spiro atoms. The molecule has 0 aliphatic carbocycles. The van der Waals surface area contributed by atoms with Gasteiger partial charge in [0.05, 0.1) is 31.3 Å². The number of halogens is 1. The van der Waals surface area contributed by atoms with Crippen molar-refractivity contribution >= 4 is 17.6 Å². The number of benzene rings is 1. The highest BCUT2D eigenvalue weighted by atomic mass is 35.5. The molecule has 0 saturated carbocycles. The summed E-state index contributed by atoms with van der Waals surface area (Å²) in [6, 6.07) is 4.96. The van der Waals surface area contributed by atoms with Gasteiger partial charge in [0.2, 0.25) is 0 Å². The second kappa shape index (κ2) is 6.24. The molecule has 0 aromatic heterocycles. The minimum Gasteiger partial charge on any atom is -0.466 e. The molecule has 0 aliphatic heterocycles. The molecule has 1 rings (SSSR count). The quantitative estimate of drug-likeness (QED) is 0.831. The minimum absolute atomic E-state index is 0.0379. The van der Waals surface area contributed by atoms with E-state index in [1.54, 1.807) is 6.92 Å². The van der Waals surface area contributed by atoms with Crippen LogP contribution in [0, 0.1) is 11.3 Å². The third-order valence-corrected chi connectivity index (χ3v) is 2.44. The van der Waals surface area contributed by atoms with Crippen LogP contribution in [0.1, 0.15) is 23.6 Å². The molecule has 1 aromatic carbocycles. The van der Waals surface area contributed by atoms with Crippen LogP contribution in [0.25, 0.3) is 0 Å². The maximum Gasteiger partial charge on any atom is 0.310 e. The van der Waals surface area contributed by atoms with Gasteiger partial charge in [0.15, 0.2) is 0 Å². The normalized spacial score (nSPS) is 9.76.